The minimum Gasteiger partial charge on any atom is -0.479 e. The van der Waals surface area contributed by atoms with E-state index in [2.05, 4.69) is 13.8 Å². The van der Waals surface area contributed by atoms with Crippen molar-refractivity contribution >= 4 is 11.8 Å². The van der Waals surface area contributed by atoms with Gasteiger partial charge in [-0.3, -0.25) is 4.79 Å². The fourth-order valence-electron chi connectivity index (χ4n) is 7.78. The summed E-state index contributed by atoms with van der Waals surface area (Å²) in [6.45, 7) is 4.68. The minimum absolute atomic E-state index is 0.0351. The van der Waals surface area contributed by atoms with Crippen molar-refractivity contribution in [1.29, 1.82) is 0 Å². The Morgan fingerprint density at radius 1 is 1.04 bits per heavy atom. The molecule has 4 fully saturated rings. The first-order valence-electron chi connectivity index (χ1n) is 10.2. The topological polar surface area (TPSA) is 74.6 Å². The molecule has 4 rings (SSSR count). The first-order valence-corrected chi connectivity index (χ1v) is 10.2. The van der Waals surface area contributed by atoms with Crippen molar-refractivity contribution in [2.45, 2.75) is 77.7 Å². The standard InChI is InChI=1S/C21H32O4/c1-20-9-7-13(22)11-12(20)3-4-14-15-5-6-17(18(23)19(24)25)21(15,2)10-8-16(14)20/h12,14-18,23H,3-11H2,1-2H3,(H,24,25)/t12-,14-,15-,16-,17+,18?,20-,21-/m0/s1. The first kappa shape index (κ1) is 17.5. The highest BCUT2D eigenvalue weighted by atomic mass is 16.4. The number of fused-ring (bicyclic) bond motifs is 5. The van der Waals surface area contributed by atoms with Crippen LogP contribution in [0.2, 0.25) is 0 Å². The molecule has 8 atom stereocenters. The van der Waals surface area contributed by atoms with Gasteiger partial charge in [-0.1, -0.05) is 13.8 Å². The van der Waals surface area contributed by atoms with Gasteiger partial charge >= 0.3 is 5.97 Å². The van der Waals surface area contributed by atoms with E-state index in [4.69, 9.17) is 0 Å². The molecule has 4 aliphatic carbocycles. The lowest BCUT2D eigenvalue weighted by Crippen LogP contribution is -2.54. The summed E-state index contributed by atoms with van der Waals surface area (Å²) in [5.41, 5.74) is 0.258. The third-order valence-electron chi connectivity index (χ3n) is 9.19. The van der Waals surface area contributed by atoms with E-state index < -0.39 is 12.1 Å². The van der Waals surface area contributed by atoms with Gasteiger partial charge in [-0.2, -0.15) is 0 Å². The van der Waals surface area contributed by atoms with Gasteiger partial charge in [0.1, 0.15) is 5.78 Å². The lowest BCUT2D eigenvalue weighted by atomic mass is 9.44. The van der Waals surface area contributed by atoms with Crippen molar-refractivity contribution in [1.82, 2.24) is 0 Å². The number of carboxylic acids is 1. The molecule has 0 saturated heterocycles. The van der Waals surface area contributed by atoms with Gasteiger partial charge in [0.15, 0.2) is 6.10 Å². The molecule has 0 amide bonds. The van der Waals surface area contributed by atoms with Crippen molar-refractivity contribution in [3.63, 3.8) is 0 Å². The number of ketones is 1. The molecule has 0 aromatic carbocycles. The summed E-state index contributed by atoms with van der Waals surface area (Å²) in [6, 6.07) is 0. The van der Waals surface area contributed by atoms with Crippen LogP contribution in [-0.4, -0.2) is 28.1 Å². The maximum Gasteiger partial charge on any atom is 0.332 e. The van der Waals surface area contributed by atoms with Gasteiger partial charge in [-0.05, 0) is 79.4 Å². The van der Waals surface area contributed by atoms with E-state index in [0.29, 0.717) is 34.9 Å². The lowest BCUT2D eigenvalue weighted by Gasteiger charge is -2.60. The smallest absolute Gasteiger partial charge is 0.332 e. The van der Waals surface area contributed by atoms with E-state index in [0.717, 1.165) is 51.4 Å². The van der Waals surface area contributed by atoms with Crippen molar-refractivity contribution in [2.75, 3.05) is 0 Å². The van der Waals surface area contributed by atoms with Crippen LogP contribution in [0, 0.1) is 40.4 Å². The number of aliphatic hydroxyl groups is 1. The van der Waals surface area contributed by atoms with Crippen molar-refractivity contribution < 1.29 is 19.8 Å². The molecule has 1 unspecified atom stereocenters. The average molecular weight is 348 g/mol. The average Bonchev–Trinajstić information content (AvgIpc) is 2.92. The number of carbonyl (C=O) groups is 2. The quantitative estimate of drug-likeness (QED) is 0.798. The third-order valence-corrected chi connectivity index (χ3v) is 9.19. The Morgan fingerprint density at radius 2 is 1.76 bits per heavy atom. The van der Waals surface area contributed by atoms with Gasteiger partial charge < -0.3 is 10.2 Å². The summed E-state index contributed by atoms with van der Waals surface area (Å²) in [6.07, 6.45) is 7.78. The predicted molar refractivity (Wildman–Crippen MR) is 93.9 cm³/mol. The molecule has 0 radical (unpaired) electrons. The van der Waals surface area contributed by atoms with Crippen LogP contribution in [0.4, 0.5) is 0 Å². The fraction of sp³-hybridized carbons (Fsp3) is 0.905. The van der Waals surface area contributed by atoms with Gasteiger partial charge in [0.25, 0.3) is 0 Å². The molecule has 0 heterocycles. The van der Waals surface area contributed by atoms with E-state index in [-0.39, 0.29) is 11.3 Å². The lowest BCUT2D eigenvalue weighted by molar-refractivity contribution is -0.158. The Kier molecular flexibility index (Phi) is 4.06. The van der Waals surface area contributed by atoms with Gasteiger partial charge in [0.05, 0.1) is 0 Å². The van der Waals surface area contributed by atoms with E-state index >= 15 is 0 Å². The second-order valence-corrected chi connectivity index (χ2v) is 9.91. The van der Waals surface area contributed by atoms with Gasteiger partial charge in [-0.15, -0.1) is 0 Å². The van der Waals surface area contributed by atoms with Crippen LogP contribution < -0.4 is 0 Å². The summed E-state index contributed by atoms with van der Waals surface area (Å²) in [4.78, 5) is 23.3. The molecular weight excluding hydrogens is 316 g/mol. The number of hydrogen-bond acceptors (Lipinski definition) is 3. The fourth-order valence-corrected chi connectivity index (χ4v) is 7.78. The molecule has 4 saturated carbocycles. The Labute approximate surface area is 150 Å². The zero-order valence-electron chi connectivity index (χ0n) is 15.5. The second-order valence-electron chi connectivity index (χ2n) is 9.91. The molecule has 25 heavy (non-hydrogen) atoms. The van der Waals surface area contributed by atoms with Crippen LogP contribution in [0.1, 0.15) is 71.6 Å². The maximum absolute atomic E-state index is 12.0. The SMILES string of the molecule is C[C@]12CCC(=O)C[C@@H]1CC[C@@H]1[C@@H]2CC[C@]2(C)[C@@H](C(O)C(=O)O)CC[C@@H]12. The molecule has 4 heteroatoms. The number of rotatable bonds is 2. The van der Waals surface area contributed by atoms with E-state index in [1.165, 1.54) is 6.42 Å². The first-order chi connectivity index (χ1) is 11.8. The molecule has 4 aliphatic rings. The molecule has 140 valence electrons. The molecular formula is C21H32O4. The van der Waals surface area contributed by atoms with Gasteiger partial charge in [-0.25, -0.2) is 4.79 Å². The van der Waals surface area contributed by atoms with Crippen LogP contribution >= 0.6 is 0 Å². The normalized spacial score (nSPS) is 50.5. The largest absolute Gasteiger partial charge is 0.479 e. The molecule has 0 spiro atoms. The highest BCUT2D eigenvalue weighted by Crippen LogP contribution is 2.67. The molecule has 0 aromatic heterocycles. The zero-order valence-corrected chi connectivity index (χ0v) is 15.5. The summed E-state index contributed by atoms with van der Waals surface area (Å²) in [7, 11) is 0. The number of aliphatic hydroxyl groups excluding tert-OH is 1. The molecule has 2 N–H and O–H groups in total. The number of aliphatic carboxylic acids is 1. The minimum atomic E-state index is -1.22. The number of carboxylic acid groups (broad SMARTS) is 1. The van der Waals surface area contributed by atoms with E-state index in [1.807, 2.05) is 0 Å². The Balaban J connectivity index is 1.60. The number of Topliss-reactive ketones (excluding diaryl/α,β-unsaturated/α-hetero) is 1. The molecule has 0 bridgehead atoms. The van der Waals surface area contributed by atoms with Crippen molar-refractivity contribution in [3.05, 3.63) is 0 Å². The summed E-state index contributed by atoms with van der Waals surface area (Å²) in [5.74, 6) is 1.72. The summed E-state index contributed by atoms with van der Waals surface area (Å²) in [5, 5.41) is 19.6. The Bertz CT molecular complexity index is 586. The third kappa shape index (κ3) is 2.43. The maximum atomic E-state index is 12.0. The zero-order chi connectivity index (χ0) is 18.0. The van der Waals surface area contributed by atoms with E-state index in [9.17, 15) is 19.8 Å². The Hall–Kier alpha value is -0.900. The van der Waals surface area contributed by atoms with Crippen LogP contribution in [0.5, 0.6) is 0 Å². The van der Waals surface area contributed by atoms with Crippen LogP contribution in [-0.2, 0) is 9.59 Å². The molecule has 4 nitrogen and oxygen atoms in total. The Morgan fingerprint density at radius 3 is 2.48 bits per heavy atom. The number of carbonyl (C=O) groups excluding carboxylic acids is 1. The van der Waals surface area contributed by atoms with E-state index in [1.54, 1.807) is 0 Å². The second kappa shape index (κ2) is 5.80. The monoisotopic (exact) mass is 348 g/mol. The highest BCUT2D eigenvalue weighted by Gasteiger charge is 2.61. The highest BCUT2D eigenvalue weighted by molar-refractivity contribution is 5.79. The van der Waals surface area contributed by atoms with Gasteiger partial charge in [0, 0.05) is 18.8 Å². The van der Waals surface area contributed by atoms with Gasteiger partial charge in [0.2, 0.25) is 0 Å². The van der Waals surface area contributed by atoms with Crippen LogP contribution in [0.15, 0.2) is 0 Å². The summed E-state index contributed by atoms with van der Waals surface area (Å²) >= 11 is 0. The van der Waals surface area contributed by atoms with Crippen LogP contribution in [0.3, 0.4) is 0 Å². The van der Waals surface area contributed by atoms with Crippen molar-refractivity contribution in [2.24, 2.45) is 40.4 Å². The predicted octanol–water partition coefficient (Wildman–Crippen LogP) is 3.66. The molecule has 0 aromatic rings. The summed E-state index contributed by atoms with van der Waals surface area (Å²) < 4.78 is 0. The molecule has 0 aliphatic heterocycles. The van der Waals surface area contributed by atoms with Crippen molar-refractivity contribution in [3.8, 4) is 0 Å². The van der Waals surface area contributed by atoms with Crippen LogP contribution in [0.25, 0.3) is 0 Å². The number of hydrogen-bond donors (Lipinski definition) is 2.